The van der Waals surface area contributed by atoms with Gasteiger partial charge in [-0.3, -0.25) is 0 Å². The fraction of sp³-hybridized carbons (Fsp3) is 0. The van der Waals surface area contributed by atoms with Crippen LogP contribution in [0.15, 0.2) is 0 Å². The summed E-state index contributed by atoms with van der Waals surface area (Å²) in [5.41, 5.74) is 0. The molecule has 0 saturated heterocycles. The first kappa shape index (κ1) is 15.7. The summed E-state index contributed by atoms with van der Waals surface area (Å²) in [6.07, 6.45) is 0. The summed E-state index contributed by atoms with van der Waals surface area (Å²) in [5.74, 6) is 0. The van der Waals surface area contributed by atoms with Crippen LogP contribution in [0.25, 0.3) is 0 Å². The number of hydrogen-bond acceptors (Lipinski definition) is 1. The average Bonchev–Trinajstić information content (AvgIpc) is 1.00. The molecule has 0 saturated carbocycles. The van der Waals surface area contributed by atoms with E-state index in [2.05, 4.69) is 0 Å². The third kappa shape index (κ3) is 8.95. The average molecular weight is 382 g/mol. The van der Waals surface area contributed by atoms with Gasteiger partial charge in [0, 0.05) is 66.4 Å². The van der Waals surface area contributed by atoms with Gasteiger partial charge in [-0.25, -0.2) is 0 Å². The predicted molar refractivity (Wildman–Crippen MR) is 0.686 cm³/mol. The zero-order chi connectivity index (χ0) is 2.00. The van der Waals surface area contributed by atoms with Crippen molar-refractivity contribution in [3.63, 3.8) is 0 Å². The molecule has 0 aromatic rings. The van der Waals surface area contributed by atoms with Crippen molar-refractivity contribution in [2.75, 3.05) is 0 Å². The van der Waals surface area contributed by atoms with E-state index in [4.69, 9.17) is 1.33 Å². The van der Waals surface area contributed by atoms with Gasteiger partial charge in [0.25, 0.3) is 0 Å². The first-order chi connectivity index (χ1) is 1.00. The third-order valence-electron chi connectivity index (χ3n) is 0. The molecule has 0 aliphatic carbocycles. The predicted octanol–water partition coefficient (Wildman–Crippen LogP) is -0.121. The SMILES string of the molecule is [Eu].[Mn].[O]=[Tb]. The molecule has 0 unspecified atom stereocenters. The van der Waals surface area contributed by atoms with Crippen molar-refractivity contribution in [3.8, 4) is 0 Å². The van der Waals surface area contributed by atoms with Crippen LogP contribution in [0, 0.1) is 86.1 Å². The molecule has 4 heavy (non-hydrogen) atoms. The Morgan fingerprint density at radius 2 is 1.25 bits per heavy atom. The zero-order valence-electron chi connectivity index (χ0n) is 1.50. The van der Waals surface area contributed by atoms with E-state index in [0.717, 1.165) is 36.7 Å². The standard InChI is InChI=1S/Eu.Mn.O.Tb. The van der Waals surface area contributed by atoms with Crippen LogP contribution in [0.2, 0.25) is 0 Å². The summed E-state index contributed by atoms with van der Waals surface area (Å²) in [6.45, 7) is 0. The van der Waals surface area contributed by atoms with Gasteiger partial charge in [-0.15, -0.1) is 0 Å². The van der Waals surface area contributed by atoms with E-state index >= 15 is 0 Å². The molecule has 0 spiro atoms. The number of hydrogen-bond donors (Lipinski definition) is 0. The Bertz CT molecular complexity index is 8.00. The van der Waals surface area contributed by atoms with Crippen molar-refractivity contribution in [2.24, 2.45) is 0 Å². The molecule has 2 radical (unpaired) electrons. The van der Waals surface area contributed by atoms with Crippen molar-refractivity contribution < 1.29 is 105 Å². The molecule has 4 heteroatoms. The van der Waals surface area contributed by atoms with Crippen LogP contribution in [-0.4, -0.2) is 0 Å². The Hall–Kier alpha value is 3.19. The monoisotopic (exact) mass is 383 g/mol. The summed E-state index contributed by atoms with van der Waals surface area (Å²) in [4.78, 5) is 0. The normalized spacial score (nSPS) is 1.25. The van der Waals surface area contributed by atoms with E-state index < -0.39 is 0 Å². The van der Waals surface area contributed by atoms with Crippen molar-refractivity contribution in [3.05, 3.63) is 0 Å². The van der Waals surface area contributed by atoms with Crippen LogP contribution in [0.4, 0.5) is 0 Å². The van der Waals surface area contributed by atoms with Gasteiger partial charge in [-0.1, -0.05) is 0 Å². The quantitative estimate of drug-likeness (QED) is 0.535. The maximum absolute atomic E-state index is 8.25. The van der Waals surface area contributed by atoms with E-state index in [1.807, 2.05) is 0 Å². The Kier molecular flexibility index (Phi) is 64.3. The Labute approximate surface area is 101 Å². The molecular weight excluding hydrogens is 382 g/mol. The Morgan fingerprint density at radius 3 is 1.25 bits per heavy atom. The second kappa shape index (κ2) is 16.4. The Balaban J connectivity index is -0.00000000500. The van der Waals surface area contributed by atoms with Crippen molar-refractivity contribution in [1.82, 2.24) is 0 Å². The van der Waals surface area contributed by atoms with Gasteiger partial charge in [0.05, 0.1) is 0 Å². The molecule has 0 atom stereocenters. The van der Waals surface area contributed by atoms with Crippen LogP contribution < -0.4 is 0 Å². The van der Waals surface area contributed by atoms with Crippen molar-refractivity contribution in [2.45, 2.75) is 0 Å². The molecule has 0 amide bonds. The van der Waals surface area contributed by atoms with Gasteiger partial charge in [-0.05, 0) is 0 Å². The van der Waals surface area contributed by atoms with Crippen LogP contribution in [-0.2, 0) is 18.4 Å². The fourth-order valence-corrected chi connectivity index (χ4v) is 0. The molecule has 0 fully saturated rings. The van der Waals surface area contributed by atoms with Crippen LogP contribution in [0.5, 0.6) is 0 Å². The van der Waals surface area contributed by atoms with Gasteiger partial charge in [0.1, 0.15) is 0 Å². The summed E-state index contributed by atoms with van der Waals surface area (Å²) >= 11 is 0.750. The second-order valence-corrected chi connectivity index (χ2v) is 0. The molecule has 0 rings (SSSR count). The molecule has 0 aromatic carbocycles. The molecule has 0 aliphatic rings. The van der Waals surface area contributed by atoms with Crippen molar-refractivity contribution >= 4 is 0 Å². The van der Waals surface area contributed by atoms with E-state index in [1.54, 1.807) is 0 Å². The molecule has 0 heterocycles. The van der Waals surface area contributed by atoms with Gasteiger partial charge in [0.2, 0.25) is 0 Å². The molecular formula is EuMnOTb. The molecule has 1 nitrogen and oxygen atoms in total. The molecule has 0 N–H and O–H groups in total. The van der Waals surface area contributed by atoms with Gasteiger partial charge >= 0.3 is 38.1 Å². The first-order valence-corrected chi connectivity index (χ1v) is 1.01. The van der Waals surface area contributed by atoms with E-state index in [-0.39, 0.29) is 66.4 Å². The third-order valence-corrected chi connectivity index (χ3v) is 0. The number of rotatable bonds is 0. The zero-order valence-corrected chi connectivity index (χ0v) is 7.24. The molecule has 0 aliphatic heterocycles. The van der Waals surface area contributed by atoms with E-state index in [9.17, 15) is 0 Å². The Morgan fingerprint density at radius 1 is 1.25 bits per heavy atom. The summed E-state index contributed by atoms with van der Waals surface area (Å²) in [7, 11) is 0. The van der Waals surface area contributed by atoms with Gasteiger partial charge in [-0.2, -0.15) is 0 Å². The topological polar surface area (TPSA) is 17.1 Å². The first-order valence-electron chi connectivity index (χ1n) is 0.136. The van der Waals surface area contributed by atoms with Crippen molar-refractivity contribution in [1.29, 1.82) is 0 Å². The van der Waals surface area contributed by atoms with Gasteiger partial charge < -0.3 is 0 Å². The van der Waals surface area contributed by atoms with E-state index in [1.165, 1.54) is 0 Å². The minimum absolute atomic E-state index is 0. The van der Waals surface area contributed by atoms with E-state index in [0.29, 0.717) is 0 Å². The van der Waals surface area contributed by atoms with Gasteiger partial charge in [0.15, 0.2) is 0 Å². The fourth-order valence-electron chi connectivity index (χ4n) is 0. The van der Waals surface area contributed by atoms with Crippen LogP contribution in [0.1, 0.15) is 0 Å². The summed E-state index contributed by atoms with van der Waals surface area (Å²) < 4.78 is 8.25. The summed E-state index contributed by atoms with van der Waals surface area (Å²) in [5, 5.41) is 0. The maximum atomic E-state index is 8.25. The van der Waals surface area contributed by atoms with Crippen LogP contribution in [0.3, 0.4) is 0 Å². The minimum atomic E-state index is 0. The molecule has 0 aromatic heterocycles. The summed E-state index contributed by atoms with van der Waals surface area (Å²) in [6, 6.07) is 0. The molecule has 29 valence electrons. The second-order valence-electron chi connectivity index (χ2n) is 0. The molecule has 0 bridgehead atoms. The van der Waals surface area contributed by atoms with Crippen LogP contribution >= 0.6 is 0 Å².